The number of hydrogen-bond donors (Lipinski definition) is 1. The number of aromatic amines is 1. The van der Waals surface area contributed by atoms with Crippen molar-refractivity contribution in [3.8, 4) is 0 Å². The number of piperazine rings is 1. The third-order valence-corrected chi connectivity index (χ3v) is 5.37. The Hall–Kier alpha value is -2.79. The third-order valence-electron chi connectivity index (χ3n) is 5.04. The lowest BCUT2D eigenvalue weighted by molar-refractivity contribution is -0.131. The first-order valence-electron chi connectivity index (χ1n) is 9.00. The van der Waals surface area contributed by atoms with Crippen LogP contribution in [-0.2, 0) is 11.2 Å². The highest BCUT2D eigenvalue weighted by Crippen LogP contribution is 2.20. The van der Waals surface area contributed by atoms with Crippen LogP contribution in [0.2, 0.25) is 5.02 Å². The molecular formula is C21H20ClN3O2. The van der Waals surface area contributed by atoms with Crippen molar-refractivity contribution in [3.05, 3.63) is 70.9 Å². The van der Waals surface area contributed by atoms with E-state index in [0.29, 0.717) is 43.2 Å². The smallest absolute Gasteiger partial charge is 0.255 e. The molecule has 1 aliphatic rings. The number of H-pyrrole nitrogens is 1. The molecule has 2 heterocycles. The Kier molecular flexibility index (Phi) is 4.86. The van der Waals surface area contributed by atoms with E-state index in [4.69, 9.17) is 11.6 Å². The van der Waals surface area contributed by atoms with Crippen LogP contribution in [0.25, 0.3) is 10.9 Å². The van der Waals surface area contributed by atoms with Crippen molar-refractivity contribution in [2.24, 2.45) is 0 Å². The van der Waals surface area contributed by atoms with E-state index in [1.54, 1.807) is 29.2 Å². The zero-order valence-corrected chi connectivity index (χ0v) is 15.6. The van der Waals surface area contributed by atoms with E-state index in [1.807, 2.05) is 35.4 Å². The predicted octanol–water partition coefficient (Wildman–Crippen LogP) is 3.35. The van der Waals surface area contributed by atoms with Gasteiger partial charge < -0.3 is 14.8 Å². The second kappa shape index (κ2) is 7.45. The first-order chi connectivity index (χ1) is 13.1. The van der Waals surface area contributed by atoms with Crippen LogP contribution >= 0.6 is 11.6 Å². The van der Waals surface area contributed by atoms with Gasteiger partial charge in [-0.3, -0.25) is 9.59 Å². The summed E-state index contributed by atoms with van der Waals surface area (Å²) in [4.78, 5) is 32.1. The molecule has 0 aliphatic carbocycles. The largest absolute Gasteiger partial charge is 0.361 e. The molecule has 1 saturated heterocycles. The molecule has 138 valence electrons. The Balaban J connectivity index is 1.38. The van der Waals surface area contributed by atoms with Gasteiger partial charge in [-0.05, 0) is 23.8 Å². The van der Waals surface area contributed by atoms with Gasteiger partial charge in [-0.15, -0.1) is 0 Å². The number of aromatic nitrogens is 1. The summed E-state index contributed by atoms with van der Waals surface area (Å²) >= 11 is 6.13. The van der Waals surface area contributed by atoms with Crippen LogP contribution in [0.15, 0.2) is 54.7 Å². The van der Waals surface area contributed by atoms with Crippen molar-refractivity contribution in [2.45, 2.75) is 6.42 Å². The maximum absolute atomic E-state index is 12.7. The van der Waals surface area contributed by atoms with E-state index in [9.17, 15) is 9.59 Å². The first kappa shape index (κ1) is 17.6. The molecule has 1 aromatic heterocycles. The molecule has 2 amide bonds. The quantitative estimate of drug-likeness (QED) is 0.756. The molecule has 0 bridgehead atoms. The number of hydrogen-bond acceptors (Lipinski definition) is 2. The fourth-order valence-electron chi connectivity index (χ4n) is 3.52. The summed E-state index contributed by atoms with van der Waals surface area (Å²) in [6.07, 6.45) is 2.27. The van der Waals surface area contributed by atoms with Crippen molar-refractivity contribution in [3.63, 3.8) is 0 Å². The molecule has 27 heavy (non-hydrogen) atoms. The van der Waals surface area contributed by atoms with E-state index < -0.39 is 0 Å². The maximum atomic E-state index is 12.7. The molecule has 4 rings (SSSR count). The minimum atomic E-state index is -0.0793. The number of rotatable bonds is 3. The average molecular weight is 382 g/mol. The second-order valence-electron chi connectivity index (χ2n) is 6.69. The molecule has 0 radical (unpaired) electrons. The predicted molar refractivity (Wildman–Crippen MR) is 106 cm³/mol. The normalized spacial score (nSPS) is 14.6. The number of para-hydroxylation sites is 1. The lowest BCUT2D eigenvalue weighted by Crippen LogP contribution is -2.51. The van der Waals surface area contributed by atoms with Gasteiger partial charge in [-0.25, -0.2) is 0 Å². The molecule has 1 aliphatic heterocycles. The van der Waals surface area contributed by atoms with Crippen LogP contribution in [-0.4, -0.2) is 52.8 Å². The summed E-state index contributed by atoms with van der Waals surface area (Å²) in [5.41, 5.74) is 2.55. The van der Waals surface area contributed by atoms with E-state index >= 15 is 0 Å². The SMILES string of the molecule is O=C(Cc1c[nH]c2ccccc12)N1CCN(C(=O)c2ccccc2Cl)CC1. The topological polar surface area (TPSA) is 56.4 Å². The summed E-state index contributed by atoms with van der Waals surface area (Å²) in [5, 5.41) is 1.54. The molecule has 0 unspecified atom stereocenters. The first-order valence-corrected chi connectivity index (χ1v) is 9.38. The minimum Gasteiger partial charge on any atom is -0.361 e. The standard InChI is InChI=1S/C21H20ClN3O2/c22-18-7-3-1-6-17(18)21(27)25-11-9-24(10-12-25)20(26)13-15-14-23-19-8-4-2-5-16(15)19/h1-8,14,23H,9-13H2. The average Bonchev–Trinajstić information content (AvgIpc) is 3.11. The Bertz CT molecular complexity index is 990. The number of fused-ring (bicyclic) bond motifs is 1. The summed E-state index contributed by atoms with van der Waals surface area (Å²) < 4.78 is 0. The fourth-order valence-corrected chi connectivity index (χ4v) is 3.73. The lowest BCUT2D eigenvalue weighted by Gasteiger charge is -2.35. The molecule has 6 heteroatoms. The number of carbonyl (C=O) groups is 2. The van der Waals surface area contributed by atoms with Crippen LogP contribution in [0, 0.1) is 0 Å². The van der Waals surface area contributed by atoms with E-state index in [0.717, 1.165) is 16.5 Å². The molecular weight excluding hydrogens is 362 g/mol. The van der Waals surface area contributed by atoms with Crippen molar-refractivity contribution < 1.29 is 9.59 Å². The summed E-state index contributed by atoms with van der Waals surface area (Å²) in [6, 6.07) is 15.0. The van der Waals surface area contributed by atoms with Crippen molar-refractivity contribution in [2.75, 3.05) is 26.2 Å². The highest BCUT2D eigenvalue weighted by Gasteiger charge is 2.26. The highest BCUT2D eigenvalue weighted by atomic mass is 35.5. The van der Waals surface area contributed by atoms with E-state index in [1.165, 1.54) is 0 Å². The monoisotopic (exact) mass is 381 g/mol. The summed E-state index contributed by atoms with van der Waals surface area (Å²) in [7, 11) is 0. The van der Waals surface area contributed by atoms with Crippen LogP contribution < -0.4 is 0 Å². The van der Waals surface area contributed by atoms with E-state index in [2.05, 4.69) is 4.98 Å². The number of amides is 2. The Morgan fingerprint density at radius 1 is 0.926 bits per heavy atom. The molecule has 1 fully saturated rings. The van der Waals surface area contributed by atoms with Crippen LogP contribution in [0.3, 0.4) is 0 Å². The molecule has 5 nitrogen and oxygen atoms in total. The zero-order chi connectivity index (χ0) is 18.8. The van der Waals surface area contributed by atoms with Crippen LogP contribution in [0.1, 0.15) is 15.9 Å². The lowest BCUT2D eigenvalue weighted by atomic mass is 10.1. The summed E-state index contributed by atoms with van der Waals surface area (Å²) in [6.45, 7) is 2.11. The molecule has 3 aromatic rings. The highest BCUT2D eigenvalue weighted by molar-refractivity contribution is 6.33. The van der Waals surface area contributed by atoms with Gasteiger partial charge in [0.25, 0.3) is 5.91 Å². The van der Waals surface area contributed by atoms with Gasteiger partial charge in [0.1, 0.15) is 0 Å². The molecule has 1 N–H and O–H groups in total. The number of nitrogens with zero attached hydrogens (tertiary/aromatic N) is 2. The summed E-state index contributed by atoms with van der Waals surface area (Å²) in [5.74, 6) is 0.00826. The third kappa shape index (κ3) is 3.55. The van der Waals surface area contributed by atoms with Crippen molar-refractivity contribution in [1.29, 1.82) is 0 Å². The second-order valence-corrected chi connectivity index (χ2v) is 7.10. The minimum absolute atomic E-state index is 0.0793. The van der Waals surface area contributed by atoms with Gasteiger partial charge in [0, 0.05) is 43.3 Å². The number of nitrogens with one attached hydrogen (secondary N) is 1. The van der Waals surface area contributed by atoms with Crippen LogP contribution in [0.5, 0.6) is 0 Å². The molecule has 2 aromatic carbocycles. The Morgan fingerprint density at radius 2 is 1.59 bits per heavy atom. The zero-order valence-electron chi connectivity index (χ0n) is 14.8. The number of benzene rings is 2. The maximum Gasteiger partial charge on any atom is 0.255 e. The number of halogens is 1. The van der Waals surface area contributed by atoms with Gasteiger partial charge in [-0.1, -0.05) is 41.9 Å². The Labute approximate surface area is 162 Å². The molecule has 0 spiro atoms. The molecule has 0 saturated carbocycles. The van der Waals surface area contributed by atoms with Crippen molar-refractivity contribution in [1.82, 2.24) is 14.8 Å². The van der Waals surface area contributed by atoms with Crippen LogP contribution in [0.4, 0.5) is 0 Å². The van der Waals surface area contributed by atoms with Gasteiger partial charge in [-0.2, -0.15) is 0 Å². The molecule has 0 atom stereocenters. The van der Waals surface area contributed by atoms with Gasteiger partial charge in [0.15, 0.2) is 0 Å². The number of carbonyl (C=O) groups excluding carboxylic acids is 2. The van der Waals surface area contributed by atoms with Gasteiger partial charge in [0.2, 0.25) is 5.91 Å². The fraction of sp³-hybridized carbons (Fsp3) is 0.238. The Morgan fingerprint density at radius 3 is 2.37 bits per heavy atom. The van der Waals surface area contributed by atoms with E-state index in [-0.39, 0.29) is 11.8 Å². The van der Waals surface area contributed by atoms with Crippen molar-refractivity contribution >= 4 is 34.3 Å². The van der Waals surface area contributed by atoms with Gasteiger partial charge in [0.05, 0.1) is 17.0 Å². The van der Waals surface area contributed by atoms with Gasteiger partial charge >= 0.3 is 0 Å².